The highest BCUT2D eigenvalue weighted by atomic mass is 16.6. The fourth-order valence-electron chi connectivity index (χ4n) is 2.98. The molecule has 9 heteroatoms. The van der Waals surface area contributed by atoms with Crippen LogP contribution in [0.4, 0.5) is 10.5 Å². The first kappa shape index (κ1) is 23.3. The molecule has 0 spiro atoms. The summed E-state index contributed by atoms with van der Waals surface area (Å²) in [5, 5.41) is 21.1. The quantitative estimate of drug-likeness (QED) is 0.324. The lowest BCUT2D eigenvalue weighted by Crippen LogP contribution is -2.38. The van der Waals surface area contributed by atoms with Crippen LogP contribution in [-0.2, 0) is 9.47 Å². The van der Waals surface area contributed by atoms with Crippen molar-refractivity contribution in [3.8, 4) is 0 Å². The van der Waals surface area contributed by atoms with Gasteiger partial charge in [0.2, 0.25) is 0 Å². The number of rotatable bonds is 6. The number of amides is 1. The SMILES string of the molecule is CN(CCC1=CCC[C@H](O)[C@H]1OC(=O)c1ccc([N+](=O)[O-])cc1)C(=O)OC(C)(C)C. The van der Waals surface area contributed by atoms with Crippen LogP contribution in [0.2, 0.25) is 0 Å². The minimum absolute atomic E-state index is 0.130. The van der Waals surface area contributed by atoms with Crippen LogP contribution in [0.25, 0.3) is 0 Å². The van der Waals surface area contributed by atoms with Gasteiger partial charge in [-0.15, -0.1) is 0 Å². The van der Waals surface area contributed by atoms with Gasteiger partial charge in [-0.05, 0) is 57.7 Å². The second-order valence-electron chi connectivity index (χ2n) is 8.21. The molecule has 0 unspecified atom stereocenters. The maximum atomic E-state index is 12.5. The van der Waals surface area contributed by atoms with E-state index >= 15 is 0 Å². The van der Waals surface area contributed by atoms with E-state index in [0.717, 1.165) is 5.57 Å². The normalized spacial score (nSPS) is 18.9. The highest BCUT2D eigenvalue weighted by Gasteiger charge is 2.31. The lowest BCUT2D eigenvalue weighted by atomic mass is 9.91. The summed E-state index contributed by atoms with van der Waals surface area (Å²) in [6.07, 6.45) is 1.24. The van der Waals surface area contributed by atoms with Crippen molar-refractivity contribution in [1.29, 1.82) is 0 Å². The predicted molar refractivity (Wildman–Crippen MR) is 109 cm³/mol. The van der Waals surface area contributed by atoms with Gasteiger partial charge in [0.25, 0.3) is 5.69 Å². The van der Waals surface area contributed by atoms with E-state index in [1.165, 1.54) is 29.2 Å². The minimum Gasteiger partial charge on any atom is -0.451 e. The van der Waals surface area contributed by atoms with Crippen molar-refractivity contribution in [2.24, 2.45) is 0 Å². The summed E-state index contributed by atoms with van der Waals surface area (Å²) in [5.74, 6) is -0.678. The van der Waals surface area contributed by atoms with Gasteiger partial charge >= 0.3 is 12.1 Å². The second-order valence-corrected chi connectivity index (χ2v) is 8.21. The van der Waals surface area contributed by atoms with E-state index in [-0.39, 0.29) is 11.3 Å². The van der Waals surface area contributed by atoms with E-state index in [9.17, 15) is 24.8 Å². The number of carbonyl (C=O) groups excluding carboxylic acids is 2. The number of nitro groups is 1. The molecule has 0 saturated carbocycles. The molecule has 1 aliphatic rings. The Hall–Kier alpha value is -2.94. The number of aliphatic hydroxyl groups excluding tert-OH is 1. The number of carbonyl (C=O) groups is 2. The Balaban J connectivity index is 2.02. The zero-order valence-corrected chi connectivity index (χ0v) is 17.7. The number of benzene rings is 1. The number of allylic oxidation sites excluding steroid dienone is 1. The molecule has 9 nitrogen and oxygen atoms in total. The van der Waals surface area contributed by atoms with Gasteiger partial charge in [0.05, 0.1) is 16.6 Å². The number of esters is 1. The van der Waals surface area contributed by atoms with Crippen molar-refractivity contribution < 1.29 is 29.1 Å². The zero-order valence-electron chi connectivity index (χ0n) is 17.7. The van der Waals surface area contributed by atoms with Gasteiger partial charge < -0.3 is 19.5 Å². The average molecular weight is 420 g/mol. The van der Waals surface area contributed by atoms with Gasteiger partial charge in [-0.3, -0.25) is 10.1 Å². The molecule has 0 aromatic heterocycles. The van der Waals surface area contributed by atoms with E-state index in [4.69, 9.17) is 9.47 Å². The van der Waals surface area contributed by atoms with E-state index in [2.05, 4.69) is 0 Å². The Morgan fingerprint density at radius 1 is 1.27 bits per heavy atom. The smallest absolute Gasteiger partial charge is 0.410 e. The molecule has 164 valence electrons. The number of non-ortho nitro benzene ring substituents is 1. The van der Waals surface area contributed by atoms with Gasteiger partial charge in [0.1, 0.15) is 11.7 Å². The minimum atomic E-state index is -0.862. The molecule has 0 saturated heterocycles. The van der Waals surface area contributed by atoms with Crippen molar-refractivity contribution in [2.75, 3.05) is 13.6 Å². The molecule has 1 aromatic carbocycles. The molecule has 1 N–H and O–H groups in total. The third-order valence-electron chi connectivity index (χ3n) is 4.57. The summed E-state index contributed by atoms with van der Waals surface area (Å²) in [6.45, 7) is 5.68. The van der Waals surface area contributed by atoms with Crippen LogP contribution < -0.4 is 0 Å². The monoisotopic (exact) mass is 420 g/mol. The van der Waals surface area contributed by atoms with Crippen LogP contribution in [-0.4, -0.2) is 58.4 Å². The van der Waals surface area contributed by atoms with Crippen molar-refractivity contribution >= 4 is 17.7 Å². The summed E-state index contributed by atoms with van der Waals surface area (Å²) in [5.41, 5.74) is 0.145. The standard InChI is InChI=1S/C21H28N2O7/c1-21(2,3)30-20(26)22(4)13-12-14-6-5-7-17(24)18(14)29-19(25)15-8-10-16(11-9-15)23(27)28/h6,8-11,17-18,24H,5,7,12-13H2,1-4H3/t17-,18-/m0/s1. The molecular formula is C21H28N2O7. The van der Waals surface area contributed by atoms with Gasteiger partial charge in [-0.25, -0.2) is 9.59 Å². The molecule has 2 atom stereocenters. The lowest BCUT2D eigenvalue weighted by molar-refractivity contribution is -0.384. The molecule has 0 heterocycles. The maximum absolute atomic E-state index is 12.5. The number of ether oxygens (including phenoxy) is 2. The van der Waals surface area contributed by atoms with Gasteiger partial charge in [0, 0.05) is 25.7 Å². The first-order valence-corrected chi connectivity index (χ1v) is 9.74. The van der Waals surface area contributed by atoms with E-state index in [0.29, 0.717) is 25.8 Å². The maximum Gasteiger partial charge on any atom is 0.410 e. The highest BCUT2D eigenvalue weighted by Crippen LogP contribution is 2.26. The van der Waals surface area contributed by atoms with Gasteiger partial charge in [0.15, 0.2) is 0 Å². The summed E-state index contributed by atoms with van der Waals surface area (Å²) in [7, 11) is 1.62. The summed E-state index contributed by atoms with van der Waals surface area (Å²) >= 11 is 0. The Morgan fingerprint density at radius 3 is 2.47 bits per heavy atom. The highest BCUT2D eigenvalue weighted by molar-refractivity contribution is 5.90. The number of nitrogens with zero attached hydrogens (tertiary/aromatic N) is 2. The Labute approximate surface area is 175 Å². The third kappa shape index (κ3) is 6.55. The summed E-state index contributed by atoms with van der Waals surface area (Å²) < 4.78 is 10.8. The largest absolute Gasteiger partial charge is 0.451 e. The number of nitro benzene ring substituents is 1. The summed E-state index contributed by atoms with van der Waals surface area (Å²) in [4.78, 5) is 36.2. The molecule has 30 heavy (non-hydrogen) atoms. The van der Waals surface area contributed by atoms with Crippen LogP contribution in [0.5, 0.6) is 0 Å². The second kappa shape index (κ2) is 9.71. The molecule has 1 amide bonds. The van der Waals surface area contributed by atoms with Crippen LogP contribution >= 0.6 is 0 Å². The predicted octanol–water partition coefficient (Wildman–Crippen LogP) is 3.46. The molecule has 0 fully saturated rings. The fraction of sp³-hybridized carbons (Fsp3) is 0.524. The molecular weight excluding hydrogens is 392 g/mol. The zero-order chi connectivity index (χ0) is 22.5. The Morgan fingerprint density at radius 2 is 1.90 bits per heavy atom. The van der Waals surface area contributed by atoms with Gasteiger partial charge in [-0.2, -0.15) is 0 Å². The van der Waals surface area contributed by atoms with E-state index in [1.54, 1.807) is 27.8 Å². The number of hydrogen-bond donors (Lipinski definition) is 1. The van der Waals surface area contributed by atoms with E-state index < -0.39 is 34.8 Å². The van der Waals surface area contributed by atoms with Crippen molar-refractivity contribution in [3.63, 3.8) is 0 Å². The number of hydrogen-bond acceptors (Lipinski definition) is 7. The third-order valence-corrected chi connectivity index (χ3v) is 4.57. The molecule has 1 aliphatic carbocycles. The molecule has 0 radical (unpaired) electrons. The molecule has 1 aromatic rings. The molecule has 0 bridgehead atoms. The first-order valence-electron chi connectivity index (χ1n) is 9.74. The lowest BCUT2D eigenvalue weighted by Gasteiger charge is -2.30. The number of aliphatic hydroxyl groups is 1. The average Bonchev–Trinajstić information content (AvgIpc) is 2.66. The van der Waals surface area contributed by atoms with Crippen LogP contribution in [0.1, 0.15) is 50.4 Å². The molecule has 2 rings (SSSR count). The van der Waals surface area contributed by atoms with Crippen LogP contribution in [0, 0.1) is 10.1 Å². The Kier molecular flexibility index (Phi) is 7.55. The first-order chi connectivity index (χ1) is 14.0. The van der Waals surface area contributed by atoms with Crippen molar-refractivity contribution in [3.05, 3.63) is 51.6 Å². The van der Waals surface area contributed by atoms with Crippen LogP contribution in [0.3, 0.4) is 0 Å². The van der Waals surface area contributed by atoms with Crippen molar-refractivity contribution in [2.45, 2.75) is 57.8 Å². The van der Waals surface area contributed by atoms with Crippen molar-refractivity contribution in [1.82, 2.24) is 4.90 Å². The van der Waals surface area contributed by atoms with Gasteiger partial charge in [-0.1, -0.05) is 6.08 Å². The van der Waals surface area contributed by atoms with E-state index in [1.807, 2.05) is 6.08 Å². The van der Waals surface area contributed by atoms with Crippen LogP contribution in [0.15, 0.2) is 35.9 Å². The summed E-state index contributed by atoms with van der Waals surface area (Å²) in [6, 6.07) is 5.07. The Bertz CT molecular complexity index is 812. The topological polar surface area (TPSA) is 119 Å². The fourth-order valence-corrected chi connectivity index (χ4v) is 2.98. The molecule has 0 aliphatic heterocycles.